The molecule has 0 aliphatic carbocycles. The molecule has 1 amide bonds. The van der Waals surface area contributed by atoms with Gasteiger partial charge >= 0.3 is 0 Å². The van der Waals surface area contributed by atoms with E-state index in [1.54, 1.807) is 12.1 Å². The maximum absolute atomic E-state index is 12.3. The number of anilines is 2. The van der Waals surface area contributed by atoms with Crippen LogP contribution in [0.25, 0.3) is 0 Å². The molecule has 0 heterocycles. The fourth-order valence-corrected chi connectivity index (χ4v) is 2.02. The summed E-state index contributed by atoms with van der Waals surface area (Å²) in [4.78, 5) is 12.3. The second-order valence-electron chi connectivity index (χ2n) is 5.39. The summed E-state index contributed by atoms with van der Waals surface area (Å²) in [7, 11) is 0. The monoisotopic (exact) mass is 298 g/mol. The quantitative estimate of drug-likeness (QED) is 0.820. The third kappa shape index (κ3) is 4.01. The maximum atomic E-state index is 12.3. The summed E-state index contributed by atoms with van der Waals surface area (Å²) >= 11 is 0. The van der Waals surface area contributed by atoms with Crippen LogP contribution in [0.1, 0.15) is 36.2 Å². The fourth-order valence-electron chi connectivity index (χ4n) is 2.02. The SMILES string of the molecule is CCC(C)Oc1ccc(NC(=O)c2cc(N)ccc2C)cc1. The Labute approximate surface area is 131 Å². The molecule has 0 radical (unpaired) electrons. The van der Waals surface area contributed by atoms with Crippen molar-refractivity contribution in [3.63, 3.8) is 0 Å². The number of aryl methyl sites for hydroxylation is 1. The lowest BCUT2D eigenvalue weighted by Crippen LogP contribution is -2.14. The minimum atomic E-state index is -0.166. The van der Waals surface area contributed by atoms with E-state index in [0.717, 1.165) is 23.4 Å². The molecule has 22 heavy (non-hydrogen) atoms. The Hall–Kier alpha value is -2.49. The van der Waals surface area contributed by atoms with Gasteiger partial charge in [-0.05, 0) is 62.2 Å². The molecule has 0 aromatic heterocycles. The topological polar surface area (TPSA) is 64.3 Å². The van der Waals surface area contributed by atoms with Crippen LogP contribution in [-0.2, 0) is 0 Å². The zero-order valence-electron chi connectivity index (χ0n) is 13.2. The molecular weight excluding hydrogens is 276 g/mol. The Bertz CT molecular complexity index is 651. The molecule has 116 valence electrons. The van der Waals surface area contributed by atoms with E-state index >= 15 is 0 Å². The Kier molecular flexibility index (Phi) is 5.04. The highest BCUT2D eigenvalue weighted by atomic mass is 16.5. The highest BCUT2D eigenvalue weighted by molar-refractivity contribution is 6.05. The first-order chi connectivity index (χ1) is 10.5. The molecule has 0 fully saturated rings. The summed E-state index contributed by atoms with van der Waals surface area (Å²) in [5.41, 5.74) is 8.52. The van der Waals surface area contributed by atoms with Crippen molar-refractivity contribution in [2.24, 2.45) is 0 Å². The first kappa shape index (κ1) is 15.9. The van der Waals surface area contributed by atoms with E-state index in [2.05, 4.69) is 12.2 Å². The lowest BCUT2D eigenvalue weighted by Gasteiger charge is -2.13. The minimum Gasteiger partial charge on any atom is -0.491 e. The number of nitrogen functional groups attached to an aromatic ring is 1. The van der Waals surface area contributed by atoms with Crippen LogP contribution in [0.4, 0.5) is 11.4 Å². The molecular formula is C18H22N2O2. The molecule has 2 aromatic rings. The number of ether oxygens (including phenoxy) is 1. The fraction of sp³-hybridized carbons (Fsp3) is 0.278. The van der Waals surface area contributed by atoms with E-state index < -0.39 is 0 Å². The third-order valence-electron chi connectivity index (χ3n) is 3.53. The number of carbonyl (C=O) groups is 1. The molecule has 2 rings (SSSR count). The van der Waals surface area contributed by atoms with E-state index in [4.69, 9.17) is 10.5 Å². The number of hydrogen-bond acceptors (Lipinski definition) is 3. The average molecular weight is 298 g/mol. The van der Waals surface area contributed by atoms with Crippen LogP contribution in [0.15, 0.2) is 42.5 Å². The summed E-state index contributed by atoms with van der Waals surface area (Å²) in [6, 6.07) is 12.7. The molecule has 4 heteroatoms. The second kappa shape index (κ2) is 6.98. The standard InChI is InChI=1S/C18H22N2O2/c1-4-13(3)22-16-9-7-15(8-10-16)20-18(21)17-11-14(19)6-5-12(17)2/h5-11,13H,4,19H2,1-3H3,(H,20,21). The molecule has 3 N–H and O–H groups in total. The van der Waals surface area contributed by atoms with Crippen LogP contribution >= 0.6 is 0 Å². The molecule has 0 spiro atoms. The van der Waals surface area contributed by atoms with Crippen molar-refractivity contribution in [1.29, 1.82) is 0 Å². The molecule has 4 nitrogen and oxygen atoms in total. The van der Waals surface area contributed by atoms with Gasteiger partial charge in [0.2, 0.25) is 0 Å². The highest BCUT2D eigenvalue weighted by Crippen LogP contribution is 2.19. The first-order valence-electron chi connectivity index (χ1n) is 7.43. The molecule has 0 saturated carbocycles. The van der Waals surface area contributed by atoms with Crippen molar-refractivity contribution >= 4 is 17.3 Å². The molecule has 1 atom stereocenters. The van der Waals surface area contributed by atoms with Crippen LogP contribution in [-0.4, -0.2) is 12.0 Å². The average Bonchev–Trinajstić information content (AvgIpc) is 2.51. The van der Waals surface area contributed by atoms with Gasteiger partial charge in [0.1, 0.15) is 5.75 Å². The van der Waals surface area contributed by atoms with Gasteiger partial charge in [-0.2, -0.15) is 0 Å². The number of benzene rings is 2. The molecule has 0 aliphatic heterocycles. The maximum Gasteiger partial charge on any atom is 0.256 e. The smallest absolute Gasteiger partial charge is 0.256 e. The third-order valence-corrected chi connectivity index (χ3v) is 3.53. The Balaban J connectivity index is 2.07. The van der Waals surface area contributed by atoms with Crippen molar-refractivity contribution in [2.75, 3.05) is 11.1 Å². The van der Waals surface area contributed by atoms with Gasteiger partial charge < -0.3 is 15.8 Å². The predicted octanol–water partition coefficient (Wildman–Crippen LogP) is 4.01. The zero-order valence-corrected chi connectivity index (χ0v) is 13.2. The molecule has 2 aromatic carbocycles. The van der Waals surface area contributed by atoms with Crippen molar-refractivity contribution in [3.05, 3.63) is 53.6 Å². The van der Waals surface area contributed by atoms with Crippen LogP contribution in [0.3, 0.4) is 0 Å². The summed E-state index contributed by atoms with van der Waals surface area (Å²) in [5.74, 6) is 0.632. The lowest BCUT2D eigenvalue weighted by atomic mass is 10.1. The van der Waals surface area contributed by atoms with Crippen LogP contribution in [0.2, 0.25) is 0 Å². The highest BCUT2D eigenvalue weighted by Gasteiger charge is 2.10. The lowest BCUT2D eigenvalue weighted by molar-refractivity contribution is 0.102. The van der Waals surface area contributed by atoms with Gasteiger partial charge in [0.05, 0.1) is 6.10 Å². The molecule has 1 unspecified atom stereocenters. The molecule has 0 aliphatic rings. The van der Waals surface area contributed by atoms with Gasteiger partial charge in [-0.25, -0.2) is 0 Å². The number of rotatable bonds is 5. The predicted molar refractivity (Wildman–Crippen MR) is 90.4 cm³/mol. The van der Waals surface area contributed by atoms with Gasteiger partial charge in [0.15, 0.2) is 0 Å². The van der Waals surface area contributed by atoms with E-state index in [9.17, 15) is 4.79 Å². The number of carbonyl (C=O) groups excluding carboxylic acids is 1. The van der Waals surface area contributed by atoms with Gasteiger partial charge in [0.25, 0.3) is 5.91 Å². The van der Waals surface area contributed by atoms with E-state index in [0.29, 0.717) is 11.3 Å². The molecule has 0 saturated heterocycles. The van der Waals surface area contributed by atoms with E-state index in [-0.39, 0.29) is 12.0 Å². The summed E-state index contributed by atoms with van der Waals surface area (Å²) in [6.45, 7) is 5.99. The van der Waals surface area contributed by atoms with Crippen LogP contribution < -0.4 is 15.8 Å². The van der Waals surface area contributed by atoms with E-state index in [1.165, 1.54) is 0 Å². The zero-order chi connectivity index (χ0) is 16.1. The number of amides is 1. The largest absolute Gasteiger partial charge is 0.491 e. The van der Waals surface area contributed by atoms with E-state index in [1.807, 2.05) is 44.2 Å². The van der Waals surface area contributed by atoms with Crippen LogP contribution in [0, 0.1) is 6.92 Å². The normalized spacial score (nSPS) is 11.8. The Morgan fingerprint density at radius 1 is 1.23 bits per heavy atom. The number of nitrogens with two attached hydrogens (primary N) is 1. The van der Waals surface area contributed by atoms with Crippen molar-refractivity contribution in [3.8, 4) is 5.75 Å². The number of nitrogens with one attached hydrogen (secondary N) is 1. The Morgan fingerprint density at radius 3 is 2.55 bits per heavy atom. The summed E-state index contributed by atoms with van der Waals surface area (Å²) < 4.78 is 5.71. The minimum absolute atomic E-state index is 0.166. The van der Waals surface area contributed by atoms with Gasteiger partial charge in [-0.15, -0.1) is 0 Å². The summed E-state index contributed by atoms with van der Waals surface area (Å²) in [5, 5.41) is 2.87. The van der Waals surface area contributed by atoms with Gasteiger partial charge in [-0.3, -0.25) is 4.79 Å². The first-order valence-corrected chi connectivity index (χ1v) is 7.43. The summed E-state index contributed by atoms with van der Waals surface area (Å²) in [6.07, 6.45) is 1.13. The van der Waals surface area contributed by atoms with Crippen molar-refractivity contribution < 1.29 is 9.53 Å². The Morgan fingerprint density at radius 2 is 1.91 bits per heavy atom. The van der Waals surface area contributed by atoms with Gasteiger partial charge in [-0.1, -0.05) is 13.0 Å². The number of hydrogen-bond donors (Lipinski definition) is 2. The van der Waals surface area contributed by atoms with Crippen molar-refractivity contribution in [1.82, 2.24) is 0 Å². The van der Waals surface area contributed by atoms with Crippen LogP contribution in [0.5, 0.6) is 5.75 Å². The van der Waals surface area contributed by atoms with Gasteiger partial charge in [0, 0.05) is 16.9 Å². The second-order valence-corrected chi connectivity index (χ2v) is 5.39. The van der Waals surface area contributed by atoms with Crippen molar-refractivity contribution in [2.45, 2.75) is 33.3 Å². The molecule has 0 bridgehead atoms.